The third kappa shape index (κ3) is 4.89. The quantitative estimate of drug-likeness (QED) is 0.555. The van der Waals surface area contributed by atoms with Gasteiger partial charge in [0.05, 0.1) is 18.6 Å². The molecule has 2 aliphatic rings. The zero-order chi connectivity index (χ0) is 17.4. The highest BCUT2D eigenvalue weighted by Crippen LogP contribution is 2.32. The van der Waals surface area contributed by atoms with Crippen molar-refractivity contribution < 1.29 is 19.1 Å². The van der Waals surface area contributed by atoms with Gasteiger partial charge < -0.3 is 25.4 Å². The first kappa shape index (κ1) is 19.1. The maximum atomic E-state index is 12.9. The molecule has 8 nitrogen and oxygen atoms in total. The molecule has 0 aliphatic carbocycles. The van der Waals surface area contributed by atoms with Crippen molar-refractivity contribution in [3.8, 4) is 0 Å². The number of amides is 2. The topological polar surface area (TPSA) is 97.1 Å². The van der Waals surface area contributed by atoms with Crippen molar-refractivity contribution in [3.05, 3.63) is 0 Å². The molecule has 0 bridgehead atoms. The van der Waals surface area contributed by atoms with Crippen molar-refractivity contribution >= 4 is 11.8 Å². The molecule has 138 valence electrons. The van der Waals surface area contributed by atoms with Gasteiger partial charge in [0.15, 0.2) is 0 Å². The molecular weight excluding hydrogens is 312 g/mol. The summed E-state index contributed by atoms with van der Waals surface area (Å²) < 4.78 is 10.3. The maximum absolute atomic E-state index is 12.9. The molecule has 2 fully saturated rings. The van der Waals surface area contributed by atoms with Crippen molar-refractivity contribution in [2.45, 2.75) is 12.8 Å². The Balaban J connectivity index is 1.77. The van der Waals surface area contributed by atoms with Crippen LogP contribution in [0.1, 0.15) is 12.8 Å². The number of rotatable bonds is 7. The molecule has 0 saturated carbocycles. The summed E-state index contributed by atoms with van der Waals surface area (Å²) in [5.41, 5.74) is 5.46. The number of carbonyl (C=O) groups is 2. The van der Waals surface area contributed by atoms with E-state index in [1.165, 1.54) is 0 Å². The van der Waals surface area contributed by atoms with E-state index in [0.29, 0.717) is 78.5 Å². The van der Waals surface area contributed by atoms with Gasteiger partial charge in [-0.2, -0.15) is 0 Å². The lowest BCUT2D eigenvalue weighted by Gasteiger charge is -2.42. The molecule has 0 aromatic heterocycles. The van der Waals surface area contributed by atoms with Crippen LogP contribution in [0.25, 0.3) is 0 Å². The summed E-state index contributed by atoms with van der Waals surface area (Å²) in [4.78, 5) is 28.7. The van der Waals surface area contributed by atoms with Crippen molar-refractivity contribution in [2.75, 3.05) is 72.7 Å². The van der Waals surface area contributed by atoms with Gasteiger partial charge in [-0.25, -0.2) is 0 Å². The Hall–Kier alpha value is -1.22. The number of nitrogens with one attached hydrogen (secondary N) is 1. The zero-order valence-electron chi connectivity index (χ0n) is 14.6. The highest BCUT2D eigenvalue weighted by molar-refractivity contribution is 5.83. The van der Waals surface area contributed by atoms with Gasteiger partial charge >= 0.3 is 0 Å². The molecular formula is C16H30N4O4. The van der Waals surface area contributed by atoms with Crippen LogP contribution < -0.4 is 11.1 Å². The first-order valence-corrected chi connectivity index (χ1v) is 8.66. The Labute approximate surface area is 143 Å². The largest absolute Gasteiger partial charge is 0.383 e. The molecule has 0 unspecified atom stereocenters. The summed E-state index contributed by atoms with van der Waals surface area (Å²) in [7, 11) is 1.61. The van der Waals surface area contributed by atoms with Gasteiger partial charge in [0.2, 0.25) is 11.8 Å². The van der Waals surface area contributed by atoms with E-state index in [9.17, 15) is 9.59 Å². The minimum Gasteiger partial charge on any atom is -0.383 e. The van der Waals surface area contributed by atoms with Crippen LogP contribution in [0.15, 0.2) is 0 Å². The van der Waals surface area contributed by atoms with E-state index in [4.69, 9.17) is 15.2 Å². The minimum absolute atomic E-state index is 0.00492. The van der Waals surface area contributed by atoms with Gasteiger partial charge in [-0.05, 0) is 12.8 Å². The Bertz CT molecular complexity index is 418. The van der Waals surface area contributed by atoms with Crippen molar-refractivity contribution in [1.29, 1.82) is 0 Å². The molecule has 2 heterocycles. The first-order chi connectivity index (χ1) is 11.6. The first-order valence-electron chi connectivity index (χ1n) is 8.66. The zero-order valence-corrected chi connectivity index (χ0v) is 14.6. The van der Waals surface area contributed by atoms with Crippen LogP contribution in [0.5, 0.6) is 0 Å². The number of methoxy groups -OCH3 is 1. The fraction of sp³-hybridized carbons (Fsp3) is 0.875. The average molecular weight is 342 g/mol. The van der Waals surface area contributed by atoms with E-state index in [1.54, 1.807) is 7.11 Å². The van der Waals surface area contributed by atoms with E-state index >= 15 is 0 Å². The van der Waals surface area contributed by atoms with E-state index in [0.717, 1.165) is 0 Å². The van der Waals surface area contributed by atoms with E-state index < -0.39 is 5.41 Å². The standard InChI is InChI=1S/C16H30N4O4/c1-23-11-4-18-14(21)12-19-5-7-20(8-6-19)15(22)16(13-17)2-9-24-10-3-16/h2-13,17H2,1H3,(H,18,21). The lowest BCUT2D eigenvalue weighted by molar-refractivity contribution is -0.149. The van der Waals surface area contributed by atoms with Gasteiger partial charge in [-0.15, -0.1) is 0 Å². The average Bonchev–Trinajstić information content (AvgIpc) is 2.62. The van der Waals surface area contributed by atoms with Crippen LogP contribution in [0.2, 0.25) is 0 Å². The Morgan fingerprint density at radius 2 is 1.88 bits per heavy atom. The summed E-state index contributed by atoms with van der Waals surface area (Å²) in [6.45, 7) is 5.68. The molecule has 0 aromatic carbocycles. The molecule has 3 N–H and O–H groups in total. The molecule has 24 heavy (non-hydrogen) atoms. The monoisotopic (exact) mass is 342 g/mol. The predicted molar refractivity (Wildman–Crippen MR) is 89.4 cm³/mol. The Kier molecular flexibility index (Phi) is 7.41. The summed E-state index contributed by atoms with van der Waals surface area (Å²) in [5, 5.41) is 2.82. The van der Waals surface area contributed by atoms with Gasteiger partial charge in [-0.1, -0.05) is 0 Å². The van der Waals surface area contributed by atoms with Crippen LogP contribution in [0.4, 0.5) is 0 Å². The van der Waals surface area contributed by atoms with Gasteiger partial charge in [0, 0.05) is 59.6 Å². The van der Waals surface area contributed by atoms with Gasteiger partial charge in [-0.3, -0.25) is 14.5 Å². The van der Waals surface area contributed by atoms with Crippen LogP contribution in [-0.2, 0) is 19.1 Å². The van der Waals surface area contributed by atoms with E-state index in [2.05, 4.69) is 10.2 Å². The van der Waals surface area contributed by atoms with Gasteiger partial charge in [0.25, 0.3) is 0 Å². The molecule has 0 radical (unpaired) electrons. The Morgan fingerprint density at radius 3 is 2.46 bits per heavy atom. The summed E-state index contributed by atoms with van der Waals surface area (Å²) in [5.74, 6) is 0.146. The molecule has 8 heteroatoms. The molecule has 2 saturated heterocycles. The van der Waals surface area contributed by atoms with Crippen LogP contribution >= 0.6 is 0 Å². The lowest BCUT2D eigenvalue weighted by Crippen LogP contribution is -2.57. The smallest absolute Gasteiger partial charge is 0.234 e. The maximum Gasteiger partial charge on any atom is 0.234 e. The number of nitrogens with zero attached hydrogens (tertiary/aromatic N) is 2. The molecule has 2 amide bonds. The number of ether oxygens (including phenoxy) is 2. The second kappa shape index (κ2) is 9.31. The van der Waals surface area contributed by atoms with E-state index in [1.807, 2.05) is 4.90 Å². The fourth-order valence-corrected chi connectivity index (χ4v) is 3.26. The summed E-state index contributed by atoms with van der Waals surface area (Å²) >= 11 is 0. The second-order valence-electron chi connectivity index (χ2n) is 6.51. The van der Waals surface area contributed by atoms with Crippen LogP contribution in [0.3, 0.4) is 0 Å². The number of carbonyl (C=O) groups excluding carboxylic acids is 2. The number of hydrogen-bond acceptors (Lipinski definition) is 6. The number of piperazine rings is 1. The predicted octanol–water partition coefficient (Wildman–Crippen LogP) is -1.35. The molecule has 0 spiro atoms. The normalized spacial score (nSPS) is 21.5. The second-order valence-corrected chi connectivity index (χ2v) is 6.51. The highest BCUT2D eigenvalue weighted by atomic mass is 16.5. The highest BCUT2D eigenvalue weighted by Gasteiger charge is 2.42. The van der Waals surface area contributed by atoms with Gasteiger partial charge in [0.1, 0.15) is 0 Å². The van der Waals surface area contributed by atoms with Crippen molar-refractivity contribution in [2.24, 2.45) is 11.1 Å². The van der Waals surface area contributed by atoms with Crippen LogP contribution in [0, 0.1) is 5.41 Å². The summed E-state index contributed by atoms with van der Waals surface area (Å²) in [6.07, 6.45) is 1.40. The molecule has 0 aromatic rings. The minimum atomic E-state index is -0.460. The lowest BCUT2D eigenvalue weighted by atomic mass is 9.78. The number of nitrogens with two attached hydrogens (primary N) is 1. The van der Waals surface area contributed by atoms with Crippen molar-refractivity contribution in [3.63, 3.8) is 0 Å². The third-order valence-electron chi connectivity index (χ3n) is 4.95. The summed E-state index contributed by atoms with van der Waals surface area (Å²) in [6, 6.07) is 0. The Morgan fingerprint density at radius 1 is 1.21 bits per heavy atom. The fourth-order valence-electron chi connectivity index (χ4n) is 3.26. The molecule has 2 aliphatic heterocycles. The SMILES string of the molecule is COCCNC(=O)CN1CCN(C(=O)C2(CN)CCOCC2)CC1. The van der Waals surface area contributed by atoms with E-state index in [-0.39, 0.29) is 11.8 Å². The molecule has 2 rings (SSSR count). The molecule has 0 atom stereocenters. The van der Waals surface area contributed by atoms with Crippen molar-refractivity contribution in [1.82, 2.24) is 15.1 Å². The third-order valence-corrected chi connectivity index (χ3v) is 4.95. The van der Waals surface area contributed by atoms with Crippen LogP contribution in [-0.4, -0.2) is 94.4 Å². The number of hydrogen-bond donors (Lipinski definition) is 2.